The van der Waals surface area contributed by atoms with Crippen LogP contribution in [0, 0.1) is 5.82 Å². The molecule has 138 valence electrons. The highest BCUT2D eigenvalue weighted by atomic mass is 35.5. The molecule has 0 spiro atoms. The molecule has 0 N–H and O–H groups in total. The molecule has 0 radical (unpaired) electrons. The molecule has 1 aliphatic heterocycles. The molecule has 0 saturated carbocycles. The van der Waals surface area contributed by atoms with Gasteiger partial charge < -0.3 is 9.64 Å². The van der Waals surface area contributed by atoms with Gasteiger partial charge in [-0.05, 0) is 48.9 Å². The van der Waals surface area contributed by atoms with Gasteiger partial charge >= 0.3 is 0 Å². The lowest BCUT2D eigenvalue weighted by Crippen LogP contribution is -2.36. The van der Waals surface area contributed by atoms with Crippen LogP contribution in [0.4, 0.5) is 4.39 Å². The number of halogens is 2. The Kier molecular flexibility index (Phi) is 6.47. The Morgan fingerprint density at radius 2 is 1.88 bits per heavy atom. The zero-order chi connectivity index (χ0) is 18.4. The fourth-order valence-corrected chi connectivity index (χ4v) is 3.15. The van der Waals surface area contributed by atoms with E-state index in [1.165, 1.54) is 12.1 Å². The number of nitrogens with zero attached hydrogens (tertiary/aromatic N) is 2. The second kappa shape index (κ2) is 9.01. The number of benzene rings is 2. The molecule has 0 atom stereocenters. The Morgan fingerprint density at radius 3 is 2.65 bits per heavy atom. The van der Waals surface area contributed by atoms with Crippen LogP contribution in [0.5, 0.6) is 5.75 Å². The van der Waals surface area contributed by atoms with Crippen LogP contribution in [0.3, 0.4) is 0 Å². The normalized spacial score (nSPS) is 15.5. The van der Waals surface area contributed by atoms with Gasteiger partial charge in [0, 0.05) is 43.3 Å². The molecule has 1 heterocycles. The van der Waals surface area contributed by atoms with Gasteiger partial charge in [-0.1, -0.05) is 17.7 Å². The highest BCUT2D eigenvalue weighted by Gasteiger charge is 2.20. The van der Waals surface area contributed by atoms with Gasteiger partial charge in [-0.3, -0.25) is 9.69 Å². The van der Waals surface area contributed by atoms with E-state index in [2.05, 4.69) is 4.90 Å². The molecule has 6 heteroatoms. The van der Waals surface area contributed by atoms with Crippen LogP contribution in [-0.2, 0) is 0 Å². The van der Waals surface area contributed by atoms with Crippen molar-refractivity contribution < 1.29 is 13.9 Å². The minimum Gasteiger partial charge on any atom is -0.492 e. The minimum atomic E-state index is -0.383. The molecule has 26 heavy (non-hydrogen) atoms. The monoisotopic (exact) mass is 376 g/mol. The van der Waals surface area contributed by atoms with Gasteiger partial charge in [-0.15, -0.1) is 0 Å². The van der Waals surface area contributed by atoms with Crippen molar-refractivity contribution >= 4 is 17.5 Å². The molecule has 1 saturated heterocycles. The largest absolute Gasteiger partial charge is 0.492 e. The fraction of sp³-hybridized carbons (Fsp3) is 0.350. The average Bonchev–Trinajstić information content (AvgIpc) is 2.88. The maximum atomic E-state index is 13.3. The number of hydrogen-bond acceptors (Lipinski definition) is 3. The lowest BCUT2D eigenvalue weighted by atomic mass is 10.2. The lowest BCUT2D eigenvalue weighted by molar-refractivity contribution is 0.0760. The van der Waals surface area contributed by atoms with Gasteiger partial charge in [-0.25, -0.2) is 4.39 Å². The number of carbonyl (C=O) groups excluding carboxylic acids is 1. The van der Waals surface area contributed by atoms with Crippen LogP contribution in [0.1, 0.15) is 16.8 Å². The number of amides is 1. The molecule has 0 bridgehead atoms. The second-order valence-corrected chi connectivity index (χ2v) is 6.74. The fourth-order valence-electron chi connectivity index (χ4n) is 3.03. The third-order valence-electron chi connectivity index (χ3n) is 4.44. The Hall–Kier alpha value is -2.11. The van der Waals surface area contributed by atoms with Crippen LogP contribution in [0.25, 0.3) is 0 Å². The highest BCUT2D eigenvalue weighted by Crippen LogP contribution is 2.16. The van der Waals surface area contributed by atoms with Crippen molar-refractivity contribution in [2.75, 3.05) is 39.3 Å². The molecule has 2 aromatic carbocycles. The zero-order valence-corrected chi connectivity index (χ0v) is 15.3. The van der Waals surface area contributed by atoms with E-state index in [-0.39, 0.29) is 11.7 Å². The third-order valence-corrected chi connectivity index (χ3v) is 4.69. The van der Waals surface area contributed by atoms with E-state index in [4.69, 9.17) is 16.3 Å². The molecular weight excluding hydrogens is 355 g/mol. The van der Waals surface area contributed by atoms with Crippen LogP contribution >= 0.6 is 11.6 Å². The first-order valence-corrected chi connectivity index (χ1v) is 9.15. The second-order valence-electron chi connectivity index (χ2n) is 6.30. The summed E-state index contributed by atoms with van der Waals surface area (Å²) >= 11 is 5.86. The van der Waals surface area contributed by atoms with E-state index in [9.17, 15) is 9.18 Å². The van der Waals surface area contributed by atoms with Crippen LogP contribution in [-0.4, -0.2) is 55.0 Å². The number of carbonyl (C=O) groups is 1. The van der Waals surface area contributed by atoms with Gasteiger partial charge in [0.25, 0.3) is 5.91 Å². The molecular formula is C20H22ClFN2O2. The quantitative estimate of drug-likeness (QED) is 0.797. The number of hydrogen-bond donors (Lipinski definition) is 0. The first kappa shape index (κ1) is 18.7. The summed E-state index contributed by atoms with van der Waals surface area (Å²) in [4.78, 5) is 16.6. The summed E-state index contributed by atoms with van der Waals surface area (Å²) in [6.45, 7) is 4.40. The Morgan fingerprint density at radius 1 is 1.08 bits per heavy atom. The van der Waals surface area contributed by atoms with Crippen molar-refractivity contribution in [1.82, 2.24) is 9.80 Å². The molecule has 0 aromatic heterocycles. The Balaban J connectivity index is 1.47. The van der Waals surface area contributed by atoms with E-state index >= 15 is 0 Å². The maximum absolute atomic E-state index is 13.3. The molecule has 0 unspecified atom stereocenters. The summed E-state index contributed by atoms with van der Waals surface area (Å²) in [5.74, 6) is 0.308. The van der Waals surface area contributed by atoms with E-state index in [0.717, 1.165) is 31.8 Å². The predicted molar refractivity (Wildman–Crippen MR) is 100 cm³/mol. The molecule has 0 aliphatic carbocycles. The standard InChI is InChI=1S/C20H22ClFN2O2/c21-17-5-7-19(8-6-17)26-14-13-23-9-2-10-24(12-11-23)20(25)16-3-1-4-18(22)15-16/h1,3-8,15H,2,9-14H2. The minimum absolute atomic E-state index is 0.108. The summed E-state index contributed by atoms with van der Waals surface area (Å²) < 4.78 is 19.1. The Bertz CT molecular complexity index is 739. The van der Waals surface area contributed by atoms with E-state index in [0.29, 0.717) is 30.3 Å². The van der Waals surface area contributed by atoms with E-state index in [1.54, 1.807) is 29.2 Å². The summed E-state index contributed by atoms with van der Waals surface area (Å²) in [5, 5.41) is 0.688. The van der Waals surface area contributed by atoms with Gasteiger partial charge in [0.2, 0.25) is 0 Å². The van der Waals surface area contributed by atoms with Crippen molar-refractivity contribution in [2.24, 2.45) is 0 Å². The smallest absolute Gasteiger partial charge is 0.254 e. The molecule has 1 aliphatic rings. The van der Waals surface area contributed by atoms with E-state index in [1.807, 2.05) is 12.1 Å². The van der Waals surface area contributed by atoms with Crippen molar-refractivity contribution in [3.05, 3.63) is 64.9 Å². The Labute approximate surface area is 158 Å². The van der Waals surface area contributed by atoms with Crippen LogP contribution < -0.4 is 4.74 Å². The number of rotatable bonds is 5. The van der Waals surface area contributed by atoms with Gasteiger partial charge in [0.1, 0.15) is 18.2 Å². The molecule has 1 amide bonds. The highest BCUT2D eigenvalue weighted by molar-refractivity contribution is 6.30. The zero-order valence-electron chi connectivity index (χ0n) is 14.5. The summed E-state index contributed by atoms with van der Waals surface area (Å²) in [6.07, 6.45) is 0.891. The van der Waals surface area contributed by atoms with Gasteiger partial charge in [0.05, 0.1) is 0 Å². The summed E-state index contributed by atoms with van der Waals surface area (Å²) in [5.41, 5.74) is 0.407. The van der Waals surface area contributed by atoms with Crippen LogP contribution in [0.2, 0.25) is 5.02 Å². The van der Waals surface area contributed by atoms with E-state index < -0.39 is 0 Å². The first-order valence-electron chi connectivity index (χ1n) is 8.77. The SMILES string of the molecule is O=C(c1cccc(F)c1)N1CCCN(CCOc2ccc(Cl)cc2)CC1. The predicted octanol–water partition coefficient (Wildman–Crippen LogP) is 3.71. The number of ether oxygens (including phenoxy) is 1. The third kappa shape index (κ3) is 5.19. The molecule has 3 rings (SSSR count). The van der Waals surface area contributed by atoms with Crippen LogP contribution in [0.15, 0.2) is 48.5 Å². The van der Waals surface area contributed by atoms with Crippen molar-refractivity contribution in [3.8, 4) is 5.75 Å². The maximum Gasteiger partial charge on any atom is 0.254 e. The van der Waals surface area contributed by atoms with Gasteiger partial charge in [0.15, 0.2) is 0 Å². The molecule has 2 aromatic rings. The average molecular weight is 377 g/mol. The lowest BCUT2D eigenvalue weighted by Gasteiger charge is -2.22. The molecule has 1 fully saturated rings. The first-order chi connectivity index (χ1) is 12.6. The van der Waals surface area contributed by atoms with Gasteiger partial charge in [-0.2, -0.15) is 0 Å². The molecule has 4 nitrogen and oxygen atoms in total. The van der Waals surface area contributed by atoms with Crippen molar-refractivity contribution in [3.63, 3.8) is 0 Å². The van der Waals surface area contributed by atoms with Crippen molar-refractivity contribution in [2.45, 2.75) is 6.42 Å². The topological polar surface area (TPSA) is 32.8 Å². The summed E-state index contributed by atoms with van der Waals surface area (Å²) in [7, 11) is 0. The van der Waals surface area contributed by atoms with Crippen molar-refractivity contribution in [1.29, 1.82) is 0 Å². The summed E-state index contributed by atoms with van der Waals surface area (Å²) in [6, 6.07) is 13.2.